The third kappa shape index (κ3) is 5.46. The number of fused-ring (bicyclic) bond motifs is 1. The average Bonchev–Trinajstić information content (AvgIpc) is 2.61. The molecule has 0 fully saturated rings. The molecule has 0 aliphatic rings. The molecule has 2 aromatic carbocycles. The Kier molecular flexibility index (Phi) is 7.25. The fraction of sp³-hybridized carbons (Fsp3) is 0.522. The smallest absolute Gasteiger partial charge is 0.256 e. The van der Waals surface area contributed by atoms with Crippen LogP contribution >= 0.6 is 0 Å². The number of ether oxygens (including phenoxy) is 2. The number of rotatable bonds is 9. The molecule has 148 valence electrons. The van der Waals surface area contributed by atoms with E-state index in [0.29, 0.717) is 18.9 Å². The Hall–Kier alpha value is -2.07. The lowest BCUT2D eigenvalue weighted by Gasteiger charge is -2.30. The molecule has 0 aliphatic heterocycles. The van der Waals surface area contributed by atoms with E-state index in [9.17, 15) is 4.79 Å². The highest BCUT2D eigenvalue weighted by Gasteiger charge is 2.35. The van der Waals surface area contributed by atoms with Crippen LogP contribution in [0.1, 0.15) is 54.4 Å². The topological polar surface area (TPSA) is 47.6 Å². The lowest BCUT2D eigenvalue weighted by molar-refractivity contribution is -0.141. The molecule has 1 atom stereocenters. The summed E-state index contributed by atoms with van der Waals surface area (Å²) < 4.78 is 11.9. The molecule has 1 amide bonds. The van der Waals surface area contributed by atoms with E-state index in [0.717, 1.165) is 28.6 Å². The van der Waals surface area contributed by atoms with E-state index in [1.54, 1.807) is 0 Å². The summed E-state index contributed by atoms with van der Waals surface area (Å²) in [7, 11) is 0. The van der Waals surface area contributed by atoms with E-state index < -0.39 is 5.60 Å². The first kappa shape index (κ1) is 21.2. The fourth-order valence-corrected chi connectivity index (χ4v) is 3.32. The molecule has 4 nitrogen and oxygen atoms in total. The zero-order chi connectivity index (χ0) is 20.0. The molecule has 27 heavy (non-hydrogen) atoms. The summed E-state index contributed by atoms with van der Waals surface area (Å²) in [6, 6.07) is 11.8. The van der Waals surface area contributed by atoms with Crippen LogP contribution in [-0.2, 0) is 9.53 Å². The third-order valence-electron chi connectivity index (χ3n) is 4.40. The highest BCUT2D eigenvalue weighted by atomic mass is 16.5. The van der Waals surface area contributed by atoms with Gasteiger partial charge in [0.2, 0.25) is 0 Å². The Morgan fingerprint density at radius 1 is 1.07 bits per heavy atom. The molecule has 0 saturated carbocycles. The van der Waals surface area contributed by atoms with Crippen molar-refractivity contribution in [1.82, 2.24) is 0 Å². The van der Waals surface area contributed by atoms with Gasteiger partial charge in [-0.25, -0.2) is 0 Å². The molecule has 0 aromatic heterocycles. The van der Waals surface area contributed by atoms with Gasteiger partial charge >= 0.3 is 0 Å². The Bertz CT molecular complexity index is 769. The first-order valence-electron chi connectivity index (χ1n) is 9.90. The number of carbonyl (C=O) groups is 1. The molecule has 0 spiro atoms. The van der Waals surface area contributed by atoms with Gasteiger partial charge in [-0.05, 0) is 51.7 Å². The van der Waals surface area contributed by atoms with Crippen molar-refractivity contribution in [2.24, 2.45) is 5.92 Å². The highest BCUT2D eigenvalue weighted by Crippen LogP contribution is 2.33. The van der Waals surface area contributed by atoms with Crippen LogP contribution in [0.15, 0.2) is 36.4 Å². The summed E-state index contributed by atoms with van der Waals surface area (Å²) in [5.41, 5.74) is -0.0694. The van der Waals surface area contributed by atoms with Gasteiger partial charge in [0.15, 0.2) is 0 Å². The van der Waals surface area contributed by atoms with Crippen LogP contribution in [0.2, 0.25) is 0 Å². The number of anilines is 1. The first-order valence-corrected chi connectivity index (χ1v) is 9.90. The van der Waals surface area contributed by atoms with E-state index in [1.165, 1.54) is 0 Å². The Morgan fingerprint density at radius 3 is 2.33 bits per heavy atom. The zero-order valence-corrected chi connectivity index (χ0v) is 17.5. The molecular weight excluding hydrogens is 338 g/mol. The molecule has 0 heterocycles. The number of hydrogen-bond acceptors (Lipinski definition) is 3. The molecule has 0 aliphatic carbocycles. The maximum atomic E-state index is 13.1. The molecular formula is C23H33NO3. The van der Waals surface area contributed by atoms with E-state index >= 15 is 0 Å². The van der Waals surface area contributed by atoms with Crippen LogP contribution < -0.4 is 10.1 Å². The van der Waals surface area contributed by atoms with Crippen molar-refractivity contribution in [2.75, 3.05) is 11.9 Å². The molecule has 0 saturated heterocycles. The van der Waals surface area contributed by atoms with Gasteiger partial charge in [0.05, 0.1) is 6.10 Å². The van der Waals surface area contributed by atoms with E-state index in [1.807, 2.05) is 57.2 Å². The maximum absolute atomic E-state index is 13.1. The minimum atomic E-state index is -0.849. The largest absolute Gasteiger partial charge is 0.490 e. The van der Waals surface area contributed by atoms with Gasteiger partial charge < -0.3 is 14.8 Å². The lowest BCUT2D eigenvalue weighted by Crippen LogP contribution is -2.44. The molecule has 2 aromatic rings. The molecule has 1 N–H and O–H groups in total. The number of carbonyl (C=O) groups excluding carboxylic acids is 1. The average molecular weight is 372 g/mol. The van der Waals surface area contributed by atoms with E-state index in [-0.39, 0.29) is 12.0 Å². The van der Waals surface area contributed by atoms with Crippen molar-refractivity contribution < 1.29 is 14.3 Å². The van der Waals surface area contributed by atoms with Gasteiger partial charge in [0.1, 0.15) is 11.4 Å². The molecule has 2 rings (SSSR count). The van der Waals surface area contributed by atoms with Gasteiger partial charge in [-0.15, -0.1) is 0 Å². The van der Waals surface area contributed by atoms with Crippen LogP contribution in [0.25, 0.3) is 10.8 Å². The monoisotopic (exact) mass is 371 g/mol. The minimum absolute atomic E-state index is 0.0885. The Labute approximate surface area is 163 Å². The second-order valence-corrected chi connectivity index (χ2v) is 7.95. The van der Waals surface area contributed by atoms with Gasteiger partial charge in [-0.3, -0.25) is 4.79 Å². The van der Waals surface area contributed by atoms with Crippen LogP contribution in [0.3, 0.4) is 0 Å². The molecule has 0 unspecified atom stereocenters. The summed E-state index contributed by atoms with van der Waals surface area (Å²) in [6.45, 7) is 12.7. The first-order chi connectivity index (χ1) is 12.8. The quantitative estimate of drug-likeness (QED) is 0.606. The number of nitrogens with one attached hydrogen (secondary N) is 1. The zero-order valence-electron chi connectivity index (χ0n) is 17.5. The Balaban J connectivity index is 2.35. The Morgan fingerprint density at radius 2 is 1.74 bits per heavy atom. The van der Waals surface area contributed by atoms with Crippen LogP contribution in [0.4, 0.5) is 5.69 Å². The van der Waals surface area contributed by atoms with E-state index in [4.69, 9.17) is 9.47 Å². The normalized spacial score (nSPS) is 13.8. The number of benzene rings is 2. The van der Waals surface area contributed by atoms with Gasteiger partial charge in [-0.1, -0.05) is 45.0 Å². The molecule has 0 radical (unpaired) electrons. The minimum Gasteiger partial charge on any atom is -0.490 e. The maximum Gasteiger partial charge on any atom is 0.256 e. The van der Waals surface area contributed by atoms with E-state index in [2.05, 4.69) is 26.1 Å². The van der Waals surface area contributed by atoms with Gasteiger partial charge in [0, 0.05) is 23.1 Å². The van der Waals surface area contributed by atoms with Crippen molar-refractivity contribution in [3.05, 3.63) is 36.4 Å². The molecule has 4 heteroatoms. The predicted molar refractivity (Wildman–Crippen MR) is 112 cm³/mol. The van der Waals surface area contributed by atoms with Crippen molar-refractivity contribution in [3.63, 3.8) is 0 Å². The predicted octanol–water partition coefficient (Wildman–Crippen LogP) is 5.80. The highest BCUT2D eigenvalue weighted by molar-refractivity contribution is 6.06. The lowest BCUT2D eigenvalue weighted by atomic mass is 9.92. The van der Waals surface area contributed by atoms with Crippen molar-refractivity contribution in [3.8, 4) is 5.75 Å². The number of amides is 1. The van der Waals surface area contributed by atoms with Crippen LogP contribution in [0.5, 0.6) is 5.75 Å². The standard InChI is InChI=1S/C23H33NO3/c1-7-14-26-23(6,15-16(2)3)22(25)24-20-12-13-21(27-17(4)5)19-11-9-8-10-18(19)20/h8-13,16-17H,7,14-15H2,1-6H3,(H,24,25)/t23-/m1/s1. The fourth-order valence-electron chi connectivity index (χ4n) is 3.32. The summed E-state index contributed by atoms with van der Waals surface area (Å²) in [5, 5.41) is 5.05. The SMILES string of the molecule is CCCO[C@](C)(CC(C)C)C(=O)Nc1ccc(OC(C)C)c2ccccc12. The second kappa shape index (κ2) is 9.23. The van der Waals surface area contributed by atoms with Gasteiger partial charge in [0.25, 0.3) is 5.91 Å². The summed E-state index contributed by atoms with van der Waals surface area (Å²) in [4.78, 5) is 13.1. The molecule has 0 bridgehead atoms. The van der Waals surface area contributed by atoms with Crippen LogP contribution in [0, 0.1) is 5.92 Å². The van der Waals surface area contributed by atoms with Crippen molar-refractivity contribution in [2.45, 2.75) is 66.1 Å². The summed E-state index contributed by atoms with van der Waals surface area (Å²) in [6.07, 6.45) is 1.64. The number of hydrogen-bond donors (Lipinski definition) is 1. The summed E-state index contributed by atoms with van der Waals surface area (Å²) >= 11 is 0. The van der Waals surface area contributed by atoms with Crippen molar-refractivity contribution >= 4 is 22.4 Å². The van der Waals surface area contributed by atoms with Gasteiger partial charge in [-0.2, -0.15) is 0 Å². The van der Waals surface area contributed by atoms with Crippen molar-refractivity contribution in [1.29, 1.82) is 0 Å². The van der Waals surface area contributed by atoms with Crippen LogP contribution in [-0.4, -0.2) is 24.2 Å². The second-order valence-electron chi connectivity index (χ2n) is 7.95. The summed E-state index contributed by atoms with van der Waals surface area (Å²) in [5.74, 6) is 1.08. The third-order valence-corrected chi connectivity index (χ3v) is 4.40.